The van der Waals surface area contributed by atoms with Gasteiger partial charge >= 0.3 is 0 Å². The van der Waals surface area contributed by atoms with Crippen LogP contribution in [0.25, 0.3) is 0 Å². The van der Waals surface area contributed by atoms with E-state index < -0.39 is 0 Å². The minimum Gasteiger partial charge on any atom is -0.324 e. The van der Waals surface area contributed by atoms with E-state index in [-0.39, 0.29) is 6.04 Å². The van der Waals surface area contributed by atoms with Gasteiger partial charge in [0.2, 0.25) is 0 Å². The van der Waals surface area contributed by atoms with E-state index in [1.807, 2.05) is 12.1 Å². The molecule has 2 aromatic carbocycles. The van der Waals surface area contributed by atoms with Crippen LogP contribution in [-0.2, 0) is 6.42 Å². The van der Waals surface area contributed by atoms with E-state index in [0.29, 0.717) is 16.5 Å². The first kappa shape index (κ1) is 14.1. The third-order valence-corrected chi connectivity index (χ3v) is 4.06. The van der Waals surface area contributed by atoms with Crippen molar-refractivity contribution in [3.63, 3.8) is 0 Å². The first-order chi connectivity index (χ1) is 8.56. The number of halogens is 3. The molecule has 0 radical (unpaired) electrons. The minimum atomic E-state index is -0.0549. The monoisotopic (exact) mass is 391 g/mol. The zero-order chi connectivity index (χ0) is 13.1. The third-order valence-electron chi connectivity index (χ3n) is 2.75. The molecule has 0 bridgehead atoms. The van der Waals surface area contributed by atoms with Gasteiger partial charge in [0.05, 0.1) is 0 Å². The van der Waals surface area contributed by atoms with Crippen LogP contribution < -0.4 is 5.73 Å². The highest BCUT2D eigenvalue weighted by molar-refractivity contribution is 14.1. The molecule has 4 heteroatoms. The van der Waals surface area contributed by atoms with Crippen molar-refractivity contribution in [1.82, 2.24) is 0 Å². The lowest BCUT2D eigenvalue weighted by molar-refractivity contribution is 0.722. The van der Waals surface area contributed by atoms with Crippen molar-refractivity contribution in [2.24, 2.45) is 5.73 Å². The molecule has 0 aliphatic heterocycles. The van der Waals surface area contributed by atoms with Gasteiger partial charge in [0.15, 0.2) is 0 Å². The van der Waals surface area contributed by atoms with Gasteiger partial charge in [-0.25, -0.2) is 0 Å². The van der Waals surface area contributed by atoms with Gasteiger partial charge in [0, 0.05) is 19.7 Å². The van der Waals surface area contributed by atoms with Crippen molar-refractivity contribution in [2.75, 3.05) is 0 Å². The first-order valence-electron chi connectivity index (χ1n) is 5.51. The van der Waals surface area contributed by atoms with Gasteiger partial charge in [-0.1, -0.05) is 41.4 Å². The highest BCUT2D eigenvalue weighted by Crippen LogP contribution is 2.25. The Bertz CT molecular complexity index is 540. The van der Waals surface area contributed by atoms with Crippen molar-refractivity contribution < 1.29 is 0 Å². The molecule has 0 fully saturated rings. The van der Waals surface area contributed by atoms with E-state index >= 15 is 0 Å². The highest BCUT2D eigenvalue weighted by atomic mass is 127. The van der Waals surface area contributed by atoms with Crippen LogP contribution in [0.2, 0.25) is 10.0 Å². The van der Waals surface area contributed by atoms with Crippen molar-refractivity contribution in [1.29, 1.82) is 0 Å². The summed E-state index contributed by atoms with van der Waals surface area (Å²) in [5.74, 6) is 0. The SMILES string of the molecule is NC(Cc1ccc(Cl)cc1Cl)c1ccc(I)cc1. The lowest BCUT2D eigenvalue weighted by Crippen LogP contribution is -2.13. The number of nitrogens with two attached hydrogens (primary N) is 1. The molecule has 18 heavy (non-hydrogen) atoms. The summed E-state index contributed by atoms with van der Waals surface area (Å²) in [5.41, 5.74) is 8.32. The van der Waals surface area contributed by atoms with Crippen molar-refractivity contribution in [3.8, 4) is 0 Å². The van der Waals surface area contributed by atoms with Gasteiger partial charge < -0.3 is 5.73 Å². The van der Waals surface area contributed by atoms with Crippen LogP contribution >= 0.6 is 45.8 Å². The lowest BCUT2D eigenvalue weighted by atomic mass is 10.00. The van der Waals surface area contributed by atoms with E-state index in [0.717, 1.165) is 11.1 Å². The molecule has 0 amide bonds. The summed E-state index contributed by atoms with van der Waals surface area (Å²) in [6.07, 6.45) is 0.705. The van der Waals surface area contributed by atoms with Gasteiger partial charge in [-0.05, 0) is 64.4 Å². The Labute approximate surface area is 130 Å². The molecule has 1 nitrogen and oxygen atoms in total. The molecule has 0 spiro atoms. The molecule has 0 saturated heterocycles. The van der Waals surface area contributed by atoms with Crippen LogP contribution in [0.4, 0.5) is 0 Å². The predicted octanol–water partition coefficient (Wildman–Crippen LogP) is 4.84. The van der Waals surface area contributed by atoms with Crippen molar-refractivity contribution in [2.45, 2.75) is 12.5 Å². The summed E-state index contributed by atoms with van der Waals surface area (Å²) in [5, 5.41) is 1.31. The Kier molecular flexibility index (Phi) is 4.90. The van der Waals surface area contributed by atoms with Crippen LogP contribution in [0.3, 0.4) is 0 Å². The number of hydrogen-bond acceptors (Lipinski definition) is 1. The predicted molar refractivity (Wildman–Crippen MR) is 86.3 cm³/mol. The first-order valence-corrected chi connectivity index (χ1v) is 7.34. The molecule has 2 N–H and O–H groups in total. The minimum absolute atomic E-state index is 0.0549. The maximum absolute atomic E-state index is 6.19. The molecule has 1 atom stereocenters. The fourth-order valence-electron chi connectivity index (χ4n) is 1.75. The summed E-state index contributed by atoms with van der Waals surface area (Å²) in [4.78, 5) is 0. The fourth-order valence-corrected chi connectivity index (χ4v) is 2.60. The van der Waals surface area contributed by atoms with Crippen molar-refractivity contribution in [3.05, 3.63) is 67.2 Å². The lowest BCUT2D eigenvalue weighted by Gasteiger charge is -2.13. The van der Waals surface area contributed by atoms with Crippen molar-refractivity contribution >= 4 is 45.8 Å². The average Bonchev–Trinajstić information content (AvgIpc) is 2.33. The third kappa shape index (κ3) is 3.60. The van der Waals surface area contributed by atoms with Crippen LogP contribution in [0, 0.1) is 3.57 Å². The van der Waals surface area contributed by atoms with Gasteiger partial charge in [-0.3, -0.25) is 0 Å². The second-order valence-corrected chi connectivity index (χ2v) is 6.19. The molecule has 2 rings (SSSR count). The maximum Gasteiger partial charge on any atom is 0.0453 e. The van der Waals surface area contributed by atoms with Gasteiger partial charge in [0.1, 0.15) is 0 Å². The second kappa shape index (κ2) is 6.24. The molecule has 94 valence electrons. The van der Waals surface area contributed by atoms with E-state index in [4.69, 9.17) is 28.9 Å². The smallest absolute Gasteiger partial charge is 0.0453 e. The summed E-state index contributed by atoms with van der Waals surface area (Å²) >= 11 is 14.3. The van der Waals surface area contributed by atoms with E-state index in [2.05, 4.69) is 46.9 Å². The number of hydrogen-bond donors (Lipinski definition) is 1. The molecule has 0 saturated carbocycles. The second-order valence-electron chi connectivity index (χ2n) is 4.10. The zero-order valence-electron chi connectivity index (χ0n) is 9.54. The molecule has 0 aliphatic carbocycles. The van der Waals surface area contributed by atoms with E-state index in [1.165, 1.54) is 3.57 Å². The molecular formula is C14H12Cl2IN. The molecule has 0 aromatic heterocycles. The zero-order valence-corrected chi connectivity index (χ0v) is 13.2. The molecule has 1 unspecified atom stereocenters. The van der Waals surface area contributed by atoms with Gasteiger partial charge in [-0.2, -0.15) is 0 Å². The summed E-state index contributed by atoms with van der Waals surface area (Å²) < 4.78 is 1.20. The van der Waals surface area contributed by atoms with Crippen LogP contribution in [0.5, 0.6) is 0 Å². The molecule has 0 heterocycles. The standard InChI is InChI=1S/C14H12Cl2IN/c15-11-4-1-10(13(16)8-11)7-14(18)9-2-5-12(17)6-3-9/h1-6,8,14H,7,18H2. The fraction of sp³-hybridized carbons (Fsp3) is 0.143. The summed E-state index contributed by atoms with van der Waals surface area (Å²) in [7, 11) is 0. The Balaban J connectivity index is 2.15. The molecule has 2 aromatic rings. The Morgan fingerprint density at radius 1 is 1.06 bits per heavy atom. The summed E-state index contributed by atoms with van der Waals surface area (Å²) in [6.45, 7) is 0. The number of rotatable bonds is 3. The Morgan fingerprint density at radius 3 is 2.33 bits per heavy atom. The Morgan fingerprint density at radius 2 is 1.72 bits per heavy atom. The van der Waals surface area contributed by atoms with Crippen LogP contribution in [-0.4, -0.2) is 0 Å². The van der Waals surface area contributed by atoms with Crippen LogP contribution in [0.1, 0.15) is 17.2 Å². The molecular weight excluding hydrogens is 380 g/mol. The van der Waals surface area contributed by atoms with E-state index in [1.54, 1.807) is 6.07 Å². The highest BCUT2D eigenvalue weighted by Gasteiger charge is 2.09. The Hall–Kier alpha value is -0.290. The number of benzene rings is 2. The normalized spacial score (nSPS) is 12.4. The summed E-state index contributed by atoms with van der Waals surface area (Å²) in [6, 6.07) is 13.7. The largest absolute Gasteiger partial charge is 0.324 e. The maximum atomic E-state index is 6.19. The quantitative estimate of drug-likeness (QED) is 0.744. The van der Waals surface area contributed by atoms with E-state index in [9.17, 15) is 0 Å². The average molecular weight is 392 g/mol. The molecule has 0 aliphatic rings. The van der Waals surface area contributed by atoms with Crippen LogP contribution in [0.15, 0.2) is 42.5 Å². The van der Waals surface area contributed by atoms with Gasteiger partial charge in [0.25, 0.3) is 0 Å². The van der Waals surface area contributed by atoms with Gasteiger partial charge in [-0.15, -0.1) is 0 Å². The topological polar surface area (TPSA) is 26.0 Å².